The zero-order valence-corrected chi connectivity index (χ0v) is 12.6. The maximum absolute atomic E-state index is 12.9. The molecular formula is C18H22FN. The lowest BCUT2D eigenvalue weighted by atomic mass is 10.0. The molecule has 1 nitrogen and oxygen atoms in total. The topological polar surface area (TPSA) is 12.0 Å². The number of rotatable bonds is 4. The number of benzene rings is 2. The average molecular weight is 271 g/mol. The van der Waals surface area contributed by atoms with E-state index in [4.69, 9.17) is 0 Å². The van der Waals surface area contributed by atoms with E-state index in [1.165, 1.54) is 34.4 Å². The first-order valence-corrected chi connectivity index (χ1v) is 7.03. The standard InChI is InChI=1S/C18H22FN/c1-12-9-14(3)17(10-13(12)2)11-20-15(4)16-5-7-18(19)8-6-16/h5-10,15,20H,11H2,1-4H3/t15-/m0/s1. The second-order valence-corrected chi connectivity index (χ2v) is 5.52. The van der Waals surface area contributed by atoms with Crippen molar-refractivity contribution >= 4 is 0 Å². The van der Waals surface area contributed by atoms with Crippen molar-refractivity contribution in [2.75, 3.05) is 0 Å². The Balaban J connectivity index is 2.05. The number of hydrogen-bond donors (Lipinski definition) is 1. The van der Waals surface area contributed by atoms with Crippen molar-refractivity contribution in [2.45, 2.75) is 40.3 Å². The summed E-state index contributed by atoms with van der Waals surface area (Å²) in [6, 6.07) is 11.4. The lowest BCUT2D eigenvalue weighted by Gasteiger charge is -2.16. The molecule has 2 aromatic carbocycles. The van der Waals surface area contributed by atoms with Crippen LogP contribution in [0.15, 0.2) is 36.4 Å². The molecule has 2 aromatic rings. The summed E-state index contributed by atoms with van der Waals surface area (Å²) in [6.45, 7) is 9.35. The molecule has 0 spiro atoms. The Morgan fingerprint density at radius 3 is 2.20 bits per heavy atom. The largest absolute Gasteiger partial charge is 0.306 e. The van der Waals surface area contributed by atoms with Crippen molar-refractivity contribution in [1.29, 1.82) is 0 Å². The molecule has 0 bridgehead atoms. The van der Waals surface area contributed by atoms with Gasteiger partial charge in [0.1, 0.15) is 5.82 Å². The Morgan fingerprint density at radius 2 is 1.55 bits per heavy atom. The van der Waals surface area contributed by atoms with E-state index in [0.29, 0.717) is 0 Å². The van der Waals surface area contributed by atoms with Gasteiger partial charge in [-0.1, -0.05) is 24.3 Å². The minimum absolute atomic E-state index is 0.189. The first kappa shape index (κ1) is 14.7. The third-order valence-electron chi connectivity index (χ3n) is 3.92. The van der Waals surface area contributed by atoms with Gasteiger partial charge in [-0.05, 0) is 67.6 Å². The predicted octanol–water partition coefficient (Wildman–Crippen LogP) is 4.60. The van der Waals surface area contributed by atoms with Crippen molar-refractivity contribution in [2.24, 2.45) is 0 Å². The molecule has 0 aliphatic carbocycles. The molecule has 0 radical (unpaired) electrons. The Kier molecular flexibility index (Phi) is 4.56. The van der Waals surface area contributed by atoms with E-state index in [9.17, 15) is 4.39 Å². The maximum atomic E-state index is 12.9. The molecule has 1 atom stereocenters. The van der Waals surface area contributed by atoms with Crippen LogP contribution >= 0.6 is 0 Å². The summed E-state index contributed by atoms with van der Waals surface area (Å²) in [6.07, 6.45) is 0. The van der Waals surface area contributed by atoms with E-state index in [1.807, 2.05) is 12.1 Å². The monoisotopic (exact) mass is 271 g/mol. The zero-order valence-electron chi connectivity index (χ0n) is 12.6. The molecule has 2 heteroatoms. The van der Waals surface area contributed by atoms with Crippen LogP contribution in [0, 0.1) is 26.6 Å². The molecule has 0 saturated carbocycles. The Hall–Kier alpha value is -1.67. The van der Waals surface area contributed by atoms with Crippen LogP contribution in [0.4, 0.5) is 4.39 Å². The van der Waals surface area contributed by atoms with E-state index in [-0.39, 0.29) is 11.9 Å². The van der Waals surface area contributed by atoms with Crippen LogP contribution in [-0.2, 0) is 6.54 Å². The molecule has 20 heavy (non-hydrogen) atoms. The summed E-state index contributed by atoms with van der Waals surface area (Å²) in [7, 11) is 0. The first-order valence-electron chi connectivity index (χ1n) is 7.03. The fourth-order valence-electron chi connectivity index (χ4n) is 2.34. The summed E-state index contributed by atoms with van der Waals surface area (Å²) in [5, 5.41) is 3.50. The van der Waals surface area contributed by atoms with Crippen LogP contribution in [-0.4, -0.2) is 0 Å². The van der Waals surface area contributed by atoms with E-state index in [0.717, 1.165) is 12.1 Å². The van der Waals surface area contributed by atoms with Gasteiger partial charge in [-0.2, -0.15) is 0 Å². The molecule has 0 saturated heterocycles. The van der Waals surface area contributed by atoms with Crippen LogP contribution in [0.25, 0.3) is 0 Å². The second-order valence-electron chi connectivity index (χ2n) is 5.52. The second kappa shape index (κ2) is 6.19. The van der Waals surface area contributed by atoms with Crippen LogP contribution in [0.1, 0.15) is 40.8 Å². The van der Waals surface area contributed by atoms with Gasteiger partial charge in [-0.15, -0.1) is 0 Å². The van der Waals surface area contributed by atoms with Gasteiger partial charge >= 0.3 is 0 Å². The fraction of sp³-hybridized carbons (Fsp3) is 0.333. The van der Waals surface area contributed by atoms with Gasteiger partial charge in [0.2, 0.25) is 0 Å². The highest BCUT2D eigenvalue weighted by atomic mass is 19.1. The van der Waals surface area contributed by atoms with Gasteiger partial charge in [0.25, 0.3) is 0 Å². The fourth-order valence-corrected chi connectivity index (χ4v) is 2.34. The summed E-state index contributed by atoms with van der Waals surface area (Å²) in [5.41, 5.74) is 6.39. The first-order chi connectivity index (χ1) is 9.47. The summed E-state index contributed by atoms with van der Waals surface area (Å²) in [5.74, 6) is -0.189. The number of aryl methyl sites for hydroxylation is 3. The summed E-state index contributed by atoms with van der Waals surface area (Å²) >= 11 is 0. The highest BCUT2D eigenvalue weighted by Crippen LogP contribution is 2.18. The SMILES string of the molecule is Cc1cc(C)c(CN[C@@H](C)c2ccc(F)cc2)cc1C. The third-order valence-corrected chi connectivity index (χ3v) is 3.92. The van der Waals surface area contributed by atoms with Crippen LogP contribution in [0.2, 0.25) is 0 Å². The molecule has 0 aliphatic heterocycles. The van der Waals surface area contributed by atoms with Crippen molar-refractivity contribution in [3.8, 4) is 0 Å². The van der Waals surface area contributed by atoms with Crippen LogP contribution < -0.4 is 5.32 Å². The Labute approximate surface area is 120 Å². The van der Waals surface area contributed by atoms with Crippen molar-refractivity contribution in [3.05, 3.63) is 70.0 Å². The van der Waals surface area contributed by atoms with Crippen LogP contribution in [0.3, 0.4) is 0 Å². The van der Waals surface area contributed by atoms with Gasteiger partial charge < -0.3 is 5.32 Å². The number of halogens is 1. The summed E-state index contributed by atoms with van der Waals surface area (Å²) in [4.78, 5) is 0. The van der Waals surface area contributed by atoms with E-state index >= 15 is 0 Å². The molecule has 0 amide bonds. The molecule has 0 heterocycles. The Morgan fingerprint density at radius 1 is 0.950 bits per heavy atom. The molecule has 2 rings (SSSR count). The maximum Gasteiger partial charge on any atom is 0.123 e. The molecule has 0 aromatic heterocycles. The number of hydrogen-bond acceptors (Lipinski definition) is 1. The Bertz CT molecular complexity index is 587. The van der Waals surface area contributed by atoms with Crippen molar-refractivity contribution in [1.82, 2.24) is 5.32 Å². The zero-order chi connectivity index (χ0) is 14.7. The van der Waals surface area contributed by atoms with Gasteiger partial charge in [-0.25, -0.2) is 4.39 Å². The minimum Gasteiger partial charge on any atom is -0.306 e. The normalized spacial score (nSPS) is 12.4. The van der Waals surface area contributed by atoms with Gasteiger partial charge in [-0.3, -0.25) is 0 Å². The van der Waals surface area contributed by atoms with Crippen molar-refractivity contribution < 1.29 is 4.39 Å². The minimum atomic E-state index is -0.189. The van der Waals surface area contributed by atoms with Crippen LogP contribution in [0.5, 0.6) is 0 Å². The van der Waals surface area contributed by atoms with Gasteiger partial charge in [0, 0.05) is 12.6 Å². The van der Waals surface area contributed by atoms with Crippen molar-refractivity contribution in [3.63, 3.8) is 0 Å². The van der Waals surface area contributed by atoms with E-state index in [1.54, 1.807) is 0 Å². The molecular weight excluding hydrogens is 249 g/mol. The quantitative estimate of drug-likeness (QED) is 0.856. The molecule has 0 aliphatic rings. The summed E-state index contributed by atoms with van der Waals surface area (Å²) < 4.78 is 12.9. The molecule has 0 unspecified atom stereocenters. The highest BCUT2D eigenvalue weighted by Gasteiger charge is 2.07. The van der Waals surface area contributed by atoms with Gasteiger partial charge in [0.05, 0.1) is 0 Å². The smallest absolute Gasteiger partial charge is 0.123 e. The average Bonchev–Trinajstić information content (AvgIpc) is 2.42. The van der Waals surface area contributed by atoms with E-state index < -0.39 is 0 Å². The predicted molar refractivity (Wildman–Crippen MR) is 82.3 cm³/mol. The van der Waals surface area contributed by atoms with E-state index in [2.05, 4.69) is 45.1 Å². The third kappa shape index (κ3) is 3.45. The lowest BCUT2D eigenvalue weighted by molar-refractivity contribution is 0.569. The highest BCUT2D eigenvalue weighted by molar-refractivity contribution is 5.36. The molecule has 106 valence electrons. The molecule has 0 fully saturated rings. The molecule has 1 N–H and O–H groups in total. The lowest BCUT2D eigenvalue weighted by Crippen LogP contribution is -2.18. The number of nitrogens with one attached hydrogen (secondary N) is 1. The van der Waals surface area contributed by atoms with Gasteiger partial charge in [0.15, 0.2) is 0 Å².